The SMILES string of the molecule is COc1ccc(C(N)c2cc(F)c(Cl)cc2F)c(C)c1. The summed E-state index contributed by atoms with van der Waals surface area (Å²) in [5, 5.41) is -0.259. The molecule has 0 heterocycles. The van der Waals surface area contributed by atoms with E-state index in [0.29, 0.717) is 11.3 Å². The molecule has 0 saturated carbocycles. The van der Waals surface area contributed by atoms with Crippen molar-refractivity contribution in [2.75, 3.05) is 7.11 Å². The van der Waals surface area contributed by atoms with Gasteiger partial charge in [0.15, 0.2) is 0 Å². The molecule has 2 N–H and O–H groups in total. The van der Waals surface area contributed by atoms with Crippen molar-refractivity contribution in [1.82, 2.24) is 0 Å². The van der Waals surface area contributed by atoms with Crippen LogP contribution < -0.4 is 10.5 Å². The van der Waals surface area contributed by atoms with E-state index in [0.717, 1.165) is 17.7 Å². The predicted molar refractivity (Wildman–Crippen MR) is 75.1 cm³/mol. The van der Waals surface area contributed by atoms with Crippen LogP contribution in [-0.4, -0.2) is 7.11 Å². The van der Waals surface area contributed by atoms with E-state index < -0.39 is 17.7 Å². The molecule has 0 spiro atoms. The zero-order chi connectivity index (χ0) is 14.9. The first-order valence-electron chi connectivity index (χ1n) is 5.98. The topological polar surface area (TPSA) is 35.2 Å². The van der Waals surface area contributed by atoms with E-state index in [4.69, 9.17) is 22.1 Å². The van der Waals surface area contributed by atoms with Crippen LogP contribution in [0.3, 0.4) is 0 Å². The number of ether oxygens (including phenoxy) is 1. The van der Waals surface area contributed by atoms with E-state index in [1.54, 1.807) is 25.3 Å². The van der Waals surface area contributed by atoms with Gasteiger partial charge in [-0.2, -0.15) is 0 Å². The summed E-state index contributed by atoms with van der Waals surface area (Å²) in [6, 6.07) is 6.46. The lowest BCUT2D eigenvalue weighted by molar-refractivity contribution is 0.414. The van der Waals surface area contributed by atoms with Crippen LogP contribution in [0.4, 0.5) is 8.78 Å². The maximum absolute atomic E-state index is 13.9. The highest BCUT2D eigenvalue weighted by Gasteiger charge is 2.18. The van der Waals surface area contributed by atoms with Gasteiger partial charge < -0.3 is 10.5 Å². The Bertz CT molecular complexity index is 646. The maximum atomic E-state index is 13.9. The smallest absolute Gasteiger partial charge is 0.142 e. The van der Waals surface area contributed by atoms with Gasteiger partial charge in [-0.3, -0.25) is 0 Å². The molecule has 0 aliphatic carbocycles. The van der Waals surface area contributed by atoms with Crippen molar-refractivity contribution in [3.05, 3.63) is 63.7 Å². The number of nitrogens with two attached hydrogens (primary N) is 1. The number of hydrogen-bond donors (Lipinski definition) is 1. The standard InChI is InChI=1S/C15H14ClF2NO/c1-8-5-9(20-2)3-4-10(8)15(19)11-6-14(18)12(16)7-13(11)17/h3-7,15H,19H2,1-2H3. The van der Waals surface area contributed by atoms with E-state index in [1.165, 1.54) is 0 Å². The van der Waals surface area contributed by atoms with E-state index in [1.807, 2.05) is 6.92 Å². The predicted octanol–water partition coefficient (Wildman–Crippen LogP) is 3.98. The number of aryl methyl sites for hydroxylation is 1. The highest BCUT2D eigenvalue weighted by atomic mass is 35.5. The molecule has 0 aromatic heterocycles. The summed E-state index contributed by atoms with van der Waals surface area (Å²) in [4.78, 5) is 0. The molecule has 0 bridgehead atoms. The molecule has 2 nitrogen and oxygen atoms in total. The molecule has 2 aromatic carbocycles. The summed E-state index contributed by atoms with van der Waals surface area (Å²) in [7, 11) is 1.56. The average Bonchev–Trinajstić information content (AvgIpc) is 2.42. The van der Waals surface area contributed by atoms with Crippen molar-refractivity contribution in [2.24, 2.45) is 5.73 Å². The molecule has 106 valence electrons. The average molecular weight is 298 g/mol. The van der Waals surface area contributed by atoms with Crippen molar-refractivity contribution in [3.8, 4) is 5.75 Å². The summed E-state index contributed by atoms with van der Waals surface area (Å²) in [6.07, 6.45) is 0. The fourth-order valence-corrected chi connectivity index (χ4v) is 2.22. The van der Waals surface area contributed by atoms with Crippen molar-refractivity contribution < 1.29 is 13.5 Å². The molecule has 0 aliphatic rings. The molecular weight excluding hydrogens is 284 g/mol. The van der Waals surface area contributed by atoms with Gasteiger partial charge in [0.2, 0.25) is 0 Å². The summed E-state index contributed by atoms with van der Waals surface area (Å²) >= 11 is 5.54. The second-order valence-electron chi connectivity index (χ2n) is 4.49. The van der Waals surface area contributed by atoms with Crippen LogP contribution in [-0.2, 0) is 0 Å². The number of hydrogen-bond acceptors (Lipinski definition) is 2. The lowest BCUT2D eigenvalue weighted by Crippen LogP contribution is -2.15. The van der Waals surface area contributed by atoms with Crippen LogP contribution in [0.1, 0.15) is 22.7 Å². The Labute approximate surface area is 121 Å². The second-order valence-corrected chi connectivity index (χ2v) is 4.90. The third-order valence-corrected chi connectivity index (χ3v) is 3.48. The Hall–Kier alpha value is -1.65. The molecule has 2 aromatic rings. The molecular formula is C15H14ClF2NO. The van der Waals surface area contributed by atoms with Crippen molar-refractivity contribution >= 4 is 11.6 Å². The van der Waals surface area contributed by atoms with E-state index >= 15 is 0 Å². The third-order valence-electron chi connectivity index (χ3n) is 3.19. The molecule has 1 atom stereocenters. The Balaban J connectivity index is 2.46. The number of methoxy groups -OCH3 is 1. The molecule has 0 fully saturated rings. The monoisotopic (exact) mass is 297 g/mol. The van der Waals surface area contributed by atoms with Crippen LogP contribution in [0.25, 0.3) is 0 Å². The summed E-state index contributed by atoms with van der Waals surface area (Å²) in [5.41, 5.74) is 7.65. The summed E-state index contributed by atoms with van der Waals surface area (Å²) in [5.74, 6) is -0.634. The van der Waals surface area contributed by atoms with Gasteiger partial charge in [0.1, 0.15) is 17.4 Å². The lowest BCUT2D eigenvalue weighted by Gasteiger charge is -2.17. The highest BCUT2D eigenvalue weighted by molar-refractivity contribution is 6.30. The summed E-state index contributed by atoms with van der Waals surface area (Å²) < 4.78 is 32.5. The minimum Gasteiger partial charge on any atom is -0.497 e. The minimum absolute atomic E-state index is 0.0696. The first kappa shape index (κ1) is 14.8. The number of benzene rings is 2. The minimum atomic E-state index is -0.771. The second kappa shape index (κ2) is 5.77. The largest absolute Gasteiger partial charge is 0.497 e. The first-order chi connectivity index (χ1) is 9.43. The fraction of sp³-hybridized carbons (Fsp3) is 0.200. The van der Waals surface area contributed by atoms with Crippen LogP contribution in [0, 0.1) is 18.6 Å². The Morgan fingerprint density at radius 1 is 1.10 bits per heavy atom. The van der Waals surface area contributed by atoms with Crippen LogP contribution >= 0.6 is 11.6 Å². The van der Waals surface area contributed by atoms with Crippen LogP contribution in [0.2, 0.25) is 5.02 Å². The first-order valence-corrected chi connectivity index (χ1v) is 6.36. The van der Waals surface area contributed by atoms with Crippen LogP contribution in [0.5, 0.6) is 5.75 Å². The van der Waals surface area contributed by atoms with E-state index in [2.05, 4.69) is 0 Å². The Morgan fingerprint density at radius 2 is 1.80 bits per heavy atom. The zero-order valence-electron chi connectivity index (χ0n) is 11.1. The van der Waals surface area contributed by atoms with Gasteiger partial charge in [0, 0.05) is 5.56 Å². The fourth-order valence-electron chi connectivity index (χ4n) is 2.07. The molecule has 0 aliphatic heterocycles. The number of halogens is 3. The zero-order valence-corrected chi connectivity index (χ0v) is 11.8. The van der Waals surface area contributed by atoms with Gasteiger partial charge in [-0.25, -0.2) is 8.78 Å². The van der Waals surface area contributed by atoms with Gasteiger partial charge in [-0.05, 0) is 42.3 Å². The third kappa shape index (κ3) is 2.76. The van der Waals surface area contributed by atoms with Gasteiger partial charge in [0.25, 0.3) is 0 Å². The molecule has 0 amide bonds. The molecule has 20 heavy (non-hydrogen) atoms. The molecule has 5 heteroatoms. The van der Waals surface area contributed by atoms with Gasteiger partial charge in [-0.1, -0.05) is 17.7 Å². The van der Waals surface area contributed by atoms with Crippen molar-refractivity contribution in [2.45, 2.75) is 13.0 Å². The molecule has 0 saturated heterocycles. The maximum Gasteiger partial charge on any atom is 0.142 e. The van der Waals surface area contributed by atoms with Gasteiger partial charge >= 0.3 is 0 Å². The van der Waals surface area contributed by atoms with Crippen molar-refractivity contribution in [1.29, 1.82) is 0 Å². The van der Waals surface area contributed by atoms with Crippen molar-refractivity contribution in [3.63, 3.8) is 0 Å². The quantitative estimate of drug-likeness (QED) is 0.870. The molecule has 1 unspecified atom stereocenters. The highest BCUT2D eigenvalue weighted by Crippen LogP contribution is 2.29. The van der Waals surface area contributed by atoms with Gasteiger partial charge in [-0.15, -0.1) is 0 Å². The molecule has 2 rings (SSSR count). The Kier molecular flexibility index (Phi) is 4.26. The lowest BCUT2D eigenvalue weighted by atomic mass is 9.95. The Morgan fingerprint density at radius 3 is 2.40 bits per heavy atom. The van der Waals surface area contributed by atoms with E-state index in [9.17, 15) is 8.78 Å². The number of rotatable bonds is 3. The van der Waals surface area contributed by atoms with E-state index in [-0.39, 0.29) is 10.6 Å². The summed E-state index contributed by atoms with van der Waals surface area (Å²) in [6.45, 7) is 1.84. The normalized spacial score (nSPS) is 12.3. The van der Waals surface area contributed by atoms with Gasteiger partial charge in [0.05, 0.1) is 18.2 Å². The van der Waals surface area contributed by atoms with Crippen LogP contribution in [0.15, 0.2) is 30.3 Å². The molecule has 0 radical (unpaired) electrons.